The molecule has 3 heterocycles. The van der Waals surface area contributed by atoms with Gasteiger partial charge in [0.2, 0.25) is 17.7 Å². The number of rotatable bonds is 26. The molecule has 1 aromatic carbocycles. The molecule has 0 unspecified atom stereocenters. The number of benzene rings is 1. The number of halogens is 1. The van der Waals surface area contributed by atoms with E-state index in [1.54, 1.807) is 45.2 Å². The Hall–Kier alpha value is -4.52. The Morgan fingerprint density at radius 2 is 1.64 bits per heavy atom. The van der Waals surface area contributed by atoms with Gasteiger partial charge in [-0.05, 0) is 44.4 Å². The van der Waals surface area contributed by atoms with E-state index in [0.29, 0.717) is 77.1 Å². The first-order chi connectivity index (χ1) is 35.1. The summed E-state index contributed by atoms with van der Waals surface area (Å²) in [5.41, 5.74) is -1.08. The highest BCUT2D eigenvalue weighted by Gasteiger charge is 2.64. The van der Waals surface area contributed by atoms with E-state index in [2.05, 4.69) is 15.4 Å². The summed E-state index contributed by atoms with van der Waals surface area (Å²) in [6.07, 6.45) is 1.28. The van der Waals surface area contributed by atoms with Crippen molar-refractivity contribution in [2.45, 2.75) is 114 Å². The van der Waals surface area contributed by atoms with Gasteiger partial charge in [0.15, 0.2) is 5.72 Å². The molecular weight excluding hydrogens is 1010 g/mol. The van der Waals surface area contributed by atoms with Crippen molar-refractivity contribution in [3.05, 3.63) is 46.5 Å². The number of thioether (sulfide) groups is 1. The van der Waals surface area contributed by atoms with Crippen LogP contribution in [-0.2, 0) is 73.0 Å². The summed E-state index contributed by atoms with van der Waals surface area (Å²) in [7, 11) is 7.27. The third-order valence-electron chi connectivity index (χ3n) is 12.9. The zero-order valence-corrected chi connectivity index (χ0v) is 46.0. The monoisotopic (exact) mass is 1080 g/mol. The van der Waals surface area contributed by atoms with Crippen LogP contribution in [0.4, 0.5) is 10.5 Å². The lowest BCUT2D eigenvalue weighted by Gasteiger charge is -2.42. The number of carbonyl (C=O) groups excluding carboxylic acids is 6. The molecule has 4 amide bonds. The number of hydrogen-bond donors (Lipinski definition) is 3. The van der Waals surface area contributed by atoms with Gasteiger partial charge in [0.1, 0.15) is 41.2 Å². The molecule has 0 aromatic heterocycles. The third kappa shape index (κ3) is 19.2. The normalized spacial score (nSPS) is 24.2. The van der Waals surface area contributed by atoms with Crippen LogP contribution in [0.15, 0.2) is 35.9 Å². The summed E-state index contributed by atoms with van der Waals surface area (Å²) < 4.78 is 55.1. The van der Waals surface area contributed by atoms with E-state index in [-0.39, 0.29) is 60.8 Å². The Balaban J connectivity index is 1.30. The van der Waals surface area contributed by atoms with Crippen molar-refractivity contribution in [3.8, 4) is 5.75 Å². The van der Waals surface area contributed by atoms with Crippen LogP contribution in [0, 0.1) is 5.92 Å². The third-order valence-corrected chi connectivity index (χ3v) is 14.7. The van der Waals surface area contributed by atoms with Gasteiger partial charge in [0.25, 0.3) is 0 Å². The number of ether oxygens (including phenoxy) is 10. The van der Waals surface area contributed by atoms with Crippen molar-refractivity contribution in [1.29, 1.82) is 0 Å². The SMILES string of the molecule is COC(=O)CCOCCOCCOCCOCCNC(=O)CSC(C)(C)CCC(=O)N(C)CC(=O)O[C@H]1CC(=O)N(C)c2cc(cc(OC)c2Cl)CC(C)=CC=C[C@@H](OC)[C@@]2(O)C[C@H](OC(=O)N2)[C@@H](C)[C@@H]2O[C@@]12C. The van der Waals surface area contributed by atoms with Gasteiger partial charge in [-0.3, -0.25) is 29.3 Å². The number of anilines is 1. The van der Waals surface area contributed by atoms with Crippen molar-refractivity contribution < 1.29 is 81.2 Å². The molecule has 74 heavy (non-hydrogen) atoms. The van der Waals surface area contributed by atoms with E-state index in [0.717, 1.165) is 11.1 Å². The molecule has 3 aliphatic heterocycles. The van der Waals surface area contributed by atoms with E-state index < -0.39 is 70.9 Å². The maximum Gasteiger partial charge on any atom is 0.409 e. The number of nitrogens with one attached hydrogen (secondary N) is 2. The fourth-order valence-electron chi connectivity index (χ4n) is 8.35. The maximum atomic E-state index is 14.3. The van der Waals surface area contributed by atoms with Crippen molar-refractivity contribution in [1.82, 2.24) is 15.5 Å². The molecule has 0 saturated carbocycles. The Labute approximate surface area is 443 Å². The van der Waals surface area contributed by atoms with E-state index in [1.807, 2.05) is 26.8 Å². The van der Waals surface area contributed by atoms with Gasteiger partial charge in [-0.1, -0.05) is 56.2 Å². The number of epoxide rings is 1. The van der Waals surface area contributed by atoms with Gasteiger partial charge in [-0.15, -0.1) is 11.8 Å². The number of methoxy groups -OCH3 is 3. The standard InChI is InChI=1S/C51H77ClN4O17S/c1-33-12-11-13-39(65-9)51(63)30-38(71-48(62)54-51)34(2)47-50(5,73-47)40(29-43(59)56(7)36-27-35(26-33)28-37(64-8)46(36)52)72-45(61)31-55(6)42(58)14-16-49(3,4)74-32-41(57)53-17-19-68-21-23-70-25-24-69-22-20-67-18-15-44(60)66-10/h11-13,27-28,34,38-40,47,63H,14-26,29-32H2,1-10H3,(H,53,57)(H,54,62)/t34-,38+,39-,40+,47+,50+,51+/m1/s1. The van der Waals surface area contributed by atoms with Crippen molar-refractivity contribution in [3.63, 3.8) is 0 Å². The average Bonchev–Trinajstić information content (AvgIpc) is 4.05. The molecule has 4 bridgehead atoms. The molecular formula is C51H77ClN4O17S. The van der Waals surface area contributed by atoms with Crippen LogP contribution in [0.1, 0.15) is 72.3 Å². The number of fused-ring (bicyclic) bond motifs is 5. The summed E-state index contributed by atoms with van der Waals surface area (Å²) >= 11 is 8.20. The van der Waals surface area contributed by atoms with Crippen LogP contribution in [0.5, 0.6) is 5.75 Å². The lowest BCUT2D eigenvalue weighted by Crippen LogP contribution is -2.63. The molecule has 7 atom stereocenters. The second-order valence-electron chi connectivity index (χ2n) is 19.2. The second kappa shape index (κ2) is 29.7. The molecule has 416 valence electrons. The number of alkyl carbamates (subject to hydrolysis) is 1. The number of amides is 4. The zero-order chi connectivity index (χ0) is 54.6. The molecule has 0 aliphatic carbocycles. The van der Waals surface area contributed by atoms with Crippen LogP contribution in [0.25, 0.3) is 0 Å². The van der Waals surface area contributed by atoms with Crippen molar-refractivity contribution in [2.75, 3.05) is 112 Å². The Morgan fingerprint density at radius 1 is 0.986 bits per heavy atom. The lowest BCUT2D eigenvalue weighted by atomic mass is 9.83. The Bertz CT molecular complexity index is 2130. The number of hydrogen-bond acceptors (Lipinski definition) is 18. The minimum Gasteiger partial charge on any atom is -0.495 e. The van der Waals surface area contributed by atoms with Crippen molar-refractivity contribution >= 4 is 64.8 Å². The van der Waals surface area contributed by atoms with E-state index in [1.165, 1.54) is 49.9 Å². The minimum atomic E-state index is -1.86. The Morgan fingerprint density at radius 3 is 2.27 bits per heavy atom. The summed E-state index contributed by atoms with van der Waals surface area (Å²) in [6.45, 7) is 11.9. The van der Waals surface area contributed by atoms with Gasteiger partial charge in [-0.25, -0.2) is 4.79 Å². The smallest absolute Gasteiger partial charge is 0.409 e. The number of allylic oxidation sites excluding steroid dienone is 3. The molecule has 3 N–H and O–H groups in total. The minimum absolute atomic E-state index is 0.0765. The zero-order valence-electron chi connectivity index (χ0n) is 44.5. The number of esters is 2. The highest BCUT2D eigenvalue weighted by atomic mass is 35.5. The van der Waals surface area contributed by atoms with Gasteiger partial charge in [0, 0.05) is 51.3 Å². The van der Waals surface area contributed by atoms with Crippen LogP contribution in [-0.4, -0.2) is 193 Å². The number of carbonyl (C=O) groups is 6. The second-order valence-corrected chi connectivity index (χ2v) is 21.3. The topological polar surface area (TPSA) is 249 Å². The number of aliphatic hydroxyl groups is 1. The first kappa shape index (κ1) is 62.0. The van der Waals surface area contributed by atoms with Gasteiger partial charge < -0.3 is 67.6 Å². The lowest BCUT2D eigenvalue weighted by molar-refractivity contribution is -0.157. The van der Waals surface area contributed by atoms with E-state index in [4.69, 9.17) is 54.2 Å². The van der Waals surface area contributed by atoms with Gasteiger partial charge in [-0.2, -0.15) is 0 Å². The molecule has 3 aliphatic rings. The van der Waals surface area contributed by atoms with E-state index >= 15 is 0 Å². The van der Waals surface area contributed by atoms with Crippen LogP contribution in [0.2, 0.25) is 5.02 Å². The summed E-state index contributed by atoms with van der Waals surface area (Å²) in [5.74, 6) is -2.16. The van der Waals surface area contributed by atoms with Crippen LogP contribution in [0.3, 0.4) is 0 Å². The van der Waals surface area contributed by atoms with E-state index in [9.17, 15) is 33.9 Å². The predicted octanol–water partition coefficient (Wildman–Crippen LogP) is 4.16. The van der Waals surface area contributed by atoms with Crippen LogP contribution >= 0.6 is 23.4 Å². The quantitative estimate of drug-likeness (QED) is 0.0510. The number of nitrogens with zero attached hydrogens (tertiary/aromatic N) is 2. The molecule has 21 nitrogen and oxygen atoms in total. The molecule has 0 spiro atoms. The fraction of sp³-hybridized carbons (Fsp3) is 0.686. The molecule has 2 fully saturated rings. The maximum absolute atomic E-state index is 14.3. The first-order valence-electron chi connectivity index (χ1n) is 24.7. The molecule has 0 radical (unpaired) electrons. The van der Waals surface area contributed by atoms with Crippen LogP contribution < -0.4 is 20.3 Å². The summed E-state index contributed by atoms with van der Waals surface area (Å²) in [4.78, 5) is 80.8. The van der Waals surface area contributed by atoms with Gasteiger partial charge in [0.05, 0.1) is 97.5 Å². The first-order valence-corrected chi connectivity index (χ1v) is 26.0. The largest absolute Gasteiger partial charge is 0.495 e. The summed E-state index contributed by atoms with van der Waals surface area (Å²) in [5, 5.41) is 17.4. The number of likely N-dealkylation sites (N-methyl/N-ethyl adjacent to an activating group) is 1. The fourth-order valence-corrected chi connectivity index (χ4v) is 9.53. The average molecular weight is 1090 g/mol. The van der Waals surface area contributed by atoms with Gasteiger partial charge >= 0.3 is 18.0 Å². The predicted molar refractivity (Wildman–Crippen MR) is 275 cm³/mol. The highest BCUT2D eigenvalue weighted by molar-refractivity contribution is 8.01. The molecule has 23 heteroatoms. The molecule has 4 rings (SSSR count). The Kier molecular flexibility index (Phi) is 24.9. The summed E-state index contributed by atoms with van der Waals surface area (Å²) in [6, 6.07) is 3.56. The highest BCUT2D eigenvalue weighted by Crippen LogP contribution is 2.49. The molecule has 1 aromatic rings. The van der Waals surface area contributed by atoms with Crippen molar-refractivity contribution in [2.24, 2.45) is 5.92 Å². The molecule has 2 saturated heterocycles.